The first kappa shape index (κ1) is 18.3. The van der Waals surface area contributed by atoms with Crippen LogP contribution in [0.1, 0.15) is 44.9 Å². The SMILES string of the molecule is CN=C(C=C(N)CCC1CCC1CN1CCCCC1)C(F)(F)F. The lowest BCUT2D eigenvalue weighted by molar-refractivity contribution is -0.0578. The van der Waals surface area contributed by atoms with Crippen molar-refractivity contribution in [2.75, 3.05) is 26.7 Å². The second-order valence-corrected chi connectivity index (χ2v) is 6.82. The highest BCUT2D eigenvalue weighted by atomic mass is 19.4. The van der Waals surface area contributed by atoms with Crippen LogP contribution in [-0.2, 0) is 0 Å². The van der Waals surface area contributed by atoms with Crippen molar-refractivity contribution in [3.8, 4) is 0 Å². The average molecular weight is 331 g/mol. The molecule has 3 nitrogen and oxygen atoms in total. The van der Waals surface area contributed by atoms with E-state index in [0.29, 0.717) is 18.3 Å². The second kappa shape index (κ2) is 8.18. The molecule has 2 N–H and O–H groups in total. The zero-order chi connectivity index (χ0) is 16.9. The first-order valence-electron chi connectivity index (χ1n) is 8.62. The minimum atomic E-state index is -4.42. The van der Waals surface area contributed by atoms with Gasteiger partial charge in [-0.3, -0.25) is 4.99 Å². The molecule has 1 saturated carbocycles. The van der Waals surface area contributed by atoms with Crippen molar-refractivity contribution in [1.29, 1.82) is 0 Å². The monoisotopic (exact) mass is 331 g/mol. The number of aliphatic imine (C=N–C) groups is 1. The summed E-state index contributed by atoms with van der Waals surface area (Å²) in [5.74, 6) is 1.31. The van der Waals surface area contributed by atoms with Crippen LogP contribution in [0.4, 0.5) is 13.2 Å². The number of piperidine rings is 1. The Kier molecular flexibility index (Phi) is 6.50. The number of alkyl halides is 3. The number of nitrogens with two attached hydrogens (primary N) is 1. The van der Waals surface area contributed by atoms with Gasteiger partial charge in [0.25, 0.3) is 0 Å². The number of allylic oxidation sites excluding steroid dienone is 2. The van der Waals surface area contributed by atoms with Crippen molar-refractivity contribution < 1.29 is 13.2 Å². The summed E-state index contributed by atoms with van der Waals surface area (Å²) in [6, 6.07) is 0. The van der Waals surface area contributed by atoms with Crippen LogP contribution in [0.25, 0.3) is 0 Å². The molecule has 1 saturated heterocycles. The molecule has 2 rings (SSSR count). The highest BCUT2D eigenvalue weighted by Gasteiger charge is 2.34. The maximum Gasteiger partial charge on any atom is 0.432 e. The largest absolute Gasteiger partial charge is 0.432 e. The molecular weight excluding hydrogens is 303 g/mol. The zero-order valence-electron chi connectivity index (χ0n) is 13.9. The lowest BCUT2D eigenvalue weighted by atomic mass is 9.71. The molecule has 0 bridgehead atoms. The van der Waals surface area contributed by atoms with Crippen molar-refractivity contribution in [2.24, 2.45) is 22.6 Å². The third-order valence-electron chi connectivity index (χ3n) is 5.17. The van der Waals surface area contributed by atoms with E-state index in [0.717, 1.165) is 26.1 Å². The van der Waals surface area contributed by atoms with E-state index < -0.39 is 11.9 Å². The normalized spacial score (nSPS) is 27.8. The minimum Gasteiger partial charge on any atom is -0.402 e. The molecule has 0 aromatic heterocycles. The van der Waals surface area contributed by atoms with Gasteiger partial charge in [0.1, 0.15) is 5.71 Å². The Morgan fingerprint density at radius 2 is 1.83 bits per heavy atom. The van der Waals surface area contributed by atoms with Gasteiger partial charge >= 0.3 is 6.18 Å². The summed E-state index contributed by atoms with van der Waals surface area (Å²) in [5.41, 5.74) is 5.16. The molecule has 6 heteroatoms. The smallest absolute Gasteiger partial charge is 0.402 e. The van der Waals surface area contributed by atoms with Gasteiger partial charge in [0.15, 0.2) is 0 Å². The van der Waals surface area contributed by atoms with Crippen LogP contribution >= 0.6 is 0 Å². The molecule has 2 atom stereocenters. The Morgan fingerprint density at radius 3 is 2.35 bits per heavy atom. The van der Waals surface area contributed by atoms with Gasteiger partial charge in [0.2, 0.25) is 0 Å². The van der Waals surface area contributed by atoms with Crippen LogP contribution in [0.15, 0.2) is 16.8 Å². The maximum atomic E-state index is 12.6. The minimum absolute atomic E-state index is 0.284. The van der Waals surface area contributed by atoms with E-state index in [2.05, 4.69) is 9.89 Å². The fourth-order valence-electron chi connectivity index (χ4n) is 3.61. The maximum absolute atomic E-state index is 12.6. The number of likely N-dealkylation sites (tertiary alicyclic amines) is 1. The van der Waals surface area contributed by atoms with Crippen LogP contribution in [0.5, 0.6) is 0 Å². The molecule has 1 aliphatic carbocycles. The second-order valence-electron chi connectivity index (χ2n) is 6.82. The van der Waals surface area contributed by atoms with Crippen LogP contribution in [0.3, 0.4) is 0 Å². The van der Waals surface area contributed by atoms with Gasteiger partial charge < -0.3 is 10.6 Å². The Balaban J connectivity index is 1.76. The van der Waals surface area contributed by atoms with E-state index in [1.54, 1.807) is 0 Å². The quantitative estimate of drug-likeness (QED) is 0.753. The summed E-state index contributed by atoms with van der Waals surface area (Å²) in [6.45, 7) is 3.55. The molecule has 1 heterocycles. The van der Waals surface area contributed by atoms with Gasteiger partial charge in [-0.25, -0.2) is 0 Å². The first-order chi connectivity index (χ1) is 10.9. The molecule has 23 heavy (non-hydrogen) atoms. The van der Waals surface area contributed by atoms with Gasteiger partial charge in [-0.1, -0.05) is 6.42 Å². The van der Waals surface area contributed by atoms with Crippen LogP contribution in [0, 0.1) is 11.8 Å². The van der Waals surface area contributed by atoms with Crippen LogP contribution in [0.2, 0.25) is 0 Å². The van der Waals surface area contributed by atoms with Gasteiger partial charge in [-0.05, 0) is 69.5 Å². The Bertz CT molecular complexity index is 437. The molecular formula is C17H28F3N3. The van der Waals surface area contributed by atoms with Gasteiger partial charge in [0.05, 0.1) is 0 Å². The fourth-order valence-corrected chi connectivity index (χ4v) is 3.61. The van der Waals surface area contributed by atoms with Crippen LogP contribution in [-0.4, -0.2) is 43.5 Å². The summed E-state index contributed by atoms with van der Waals surface area (Å²) >= 11 is 0. The van der Waals surface area contributed by atoms with Crippen molar-refractivity contribution in [2.45, 2.75) is 51.1 Å². The molecule has 1 aliphatic heterocycles. The highest BCUT2D eigenvalue weighted by Crippen LogP contribution is 2.39. The third-order valence-corrected chi connectivity index (χ3v) is 5.17. The Hall–Kier alpha value is -1.04. The average Bonchev–Trinajstić information content (AvgIpc) is 2.49. The number of halogens is 3. The van der Waals surface area contributed by atoms with E-state index in [9.17, 15) is 13.2 Å². The molecule has 0 aromatic rings. The molecule has 0 radical (unpaired) electrons. The van der Waals surface area contributed by atoms with E-state index in [1.807, 2.05) is 0 Å². The zero-order valence-corrected chi connectivity index (χ0v) is 13.9. The number of hydrogen-bond acceptors (Lipinski definition) is 3. The number of hydrogen-bond donors (Lipinski definition) is 1. The van der Waals surface area contributed by atoms with Gasteiger partial charge in [-0.15, -0.1) is 0 Å². The Morgan fingerprint density at radius 1 is 1.17 bits per heavy atom. The van der Waals surface area contributed by atoms with Crippen LogP contribution < -0.4 is 5.73 Å². The lowest BCUT2D eigenvalue weighted by Gasteiger charge is -2.41. The summed E-state index contributed by atoms with van der Waals surface area (Å²) < 4.78 is 37.9. The lowest BCUT2D eigenvalue weighted by Crippen LogP contribution is -2.40. The fraction of sp³-hybridized carbons (Fsp3) is 0.824. The third kappa shape index (κ3) is 5.52. The summed E-state index contributed by atoms with van der Waals surface area (Å²) in [6.07, 6.45) is 4.32. The molecule has 0 aromatic carbocycles. The van der Waals surface area contributed by atoms with E-state index in [-0.39, 0.29) is 5.70 Å². The Labute approximate surface area is 136 Å². The summed E-state index contributed by atoms with van der Waals surface area (Å²) in [4.78, 5) is 5.83. The molecule has 2 unspecified atom stereocenters. The molecule has 0 amide bonds. The first-order valence-corrected chi connectivity index (χ1v) is 8.62. The van der Waals surface area contributed by atoms with E-state index in [4.69, 9.17) is 5.73 Å². The van der Waals surface area contributed by atoms with E-state index in [1.165, 1.54) is 45.2 Å². The standard InChI is InChI=1S/C17H28F3N3/c1-22-16(17(18,19)20)11-15(21)8-7-13-5-6-14(13)12-23-9-3-2-4-10-23/h11,13-14H,2-10,12,21H2,1H3. The topological polar surface area (TPSA) is 41.6 Å². The molecule has 0 spiro atoms. The molecule has 2 fully saturated rings. The van der Waals surface area contributed by atoms with Gasteiger partial charge in [0, 0.05) is 19.3 Å². The van der Waals surface area contributed by atoms with Crippen molar-refractivity contribution in [1.82, 2.24) is 4.90 Å². The summed E-state index contributed by atoms with van der Waals surface area (Å²) in [5, 5.41) is 0. The van der Waals surface area contributed by atoms with Gasteiger partial charge in [-0.2, -0.15) is 13.2 Å². The number of rotatable bonds is 6. The summed E-state index contributed by atoms with van der Waals surface area (Å²) in [7, 11) is 1.15. The van der Waals surface area contributed by atoms with Crippen molar-refractivity contribution in [3.63, 3.8) is 0 Å². The predicted octanol–water partition coefficient (Wildman–Crippen LogP) is 3.75. The molecule has 2 aliphatic rings. The molecule has 132 valence electrons. The predicted molar refractivity (Wildman–Crippen MR) is 87.4 cm³/mol. The van der Waals surface area contributed by atoms with E-state index >= 15 is 0 Å². The number of nitrogens with zero attached hydrogens (tertiary/aromatic N) is 2. The van der Waals surface area contributed by atoms with Crippen molar-refractivity contribution >= 4 is 5.71 Å². The highest BCUT2D eigenvalue weighted by molar-refractivity contribution is 5.99. The van der Waals surface area contributed by atoms with Crippen molar-refractivity contribution in [3.05, 3.63) is 11.8 Å².